The normalized spacial score (nSPS) is 11.6. The lowest BCUT2D eigenvalue weighted by atomic mass is 10.1. The number of fused-ring (bicyclic) bond motifs is 1. The molecule has 0 fully saturated rings. The van der Waals surface area contributed by atoms with Crippen LogP contribution in [0.25, 0.3) is 10.9 Å². The molecule has 7 nitrogen and oxygen atoms in total. The lowest BCUT2D eigenvalue weighted by Gasteiger charge is -2.14. The molecule has 3 N–H and O–H groups in total. The third-order valence-corrected chi connectivity index (χ3v) is 4.41. The molecular formula is C21H27N5O2. The number of hydrogen-bond acceptors (Lipinski definition) is 4. The number of hydrogen-bond donors (Lipinski definition) is 3. The van der Waals surface area contributed by atoms with Crippen molar-refractivity contribution in [3.63, 3.8) is 0 Å². The first-order valence-corrected chi connectivity index (χ1v) is 9.37. The number of H-pyrrole nitrogens is 1. The van der Waals surface area contributed by atoms with Crippen LogP contribution in [0, 0.1) is 0 Å². The molecule has 0 saturated heterocycles. The molecule has 148 valence electrons. The van der Waals surface area contributed by atoms with Crippen LogP contribution in [0.5, 0.6) is 5.88 Å². The number of nitrogens with zero attached hydrogens (tertiary/aromatic N) is 2. The number of guanidine groups is 1. The molecule has 0 aliphatic rings. The Morgan fingerprint density at radius 1 is 1.11 bits per heavy atom. The molecule has 0 radical (unpaired) electrons. The molecule has 0 spiro atoms. The molecule has 0 atom stereocenters. The zero-order valence-corrected chi connectivity index (χ0v) is 16.4. The summed E-state index contributed by atoms with van der Waals surface area (Å²) >= 11 is 0. The summed E-state index contributed by atoms with van der Waals surface area (Å²) in [5, 5.41) is 7.94. The number of methoxy groups -OCH3 is 1. The first-order chi connectivity index (χ1) is 13.8. The largest absolute Gasteiger partial charge is 0.475 e. The summed E-state index contributed by atoms with van der Waals surface area (Å²) in [4.78, 5) is 11.9. The van der Waals surface area contributed by atoms with Gasteiger partial charge in [-0.05, 0) is 24.1 Å². The summed E-state index contributed by atoms with van der Waals surface area (Å²) in [6.45, 7) is 2.35. The van der Waals surface area contributed by atoms with Crippen molar-refractivity contribution in [3.05, 3.63) is 59.9 Å². The molecule has 0 amide bonds. The van der Waals surface area contributed by atoms with Crippen molar-refractivity contribution >= 4 is 16.9 Å². The van der Waals surface area contributed by atoms with E-state index in [-0.39, 0.29) is 0 Å². The highest BCUT2D eigenvalue weighted by Gasteiger charge is 2.07. The number of rotatable bonds is 9. The van der Waals surface area contributed by atoms with Gasteiger partial charge in [0.1, 0.15) is 6.61 Å². The fourth-order valence-corrected chi connectivity index (χ4v) is 2.96. The summed E-state index contributed by atoms with van der Waals surface area (Å²) in [7, 11) is 3.41. The van der Waals surface area contributed by atoms with Crippen LogP contribution < -0.4 is 15.4 Å². The molecule has 7 heteroatoms. The Morgan fingerprint density at radius 3 is 2.86 bits per heavy atom. The number of aromatic amines is 1. The second-order valence-electron chi connectivity index (χ2n) is 6.27. The fourth-order valence-electron chi connectivity index (χ4n) is 2.96. The molecule has 0 bridgehead atoms. The maximum atomic E-state index is 5.67. The molecular weight excluding hydrogens is 354 g/mol. The number of aromatic nitrogens is 2. The van der Waals surface area contributed by atoms with Gasteiger partial charge >= 0.3 is 0 Å². The van der Waals surface area contributed by atoms with Crippen LogP contribution in [-0.2, 0) is 17.7 Å². The van der Waals surface area contributed by atoms with Crippen LogP contribution in [0.4, 0.5) is 0 Å². The quantitative estimate of drug-likeness (QED) is 0.301. The standard InChI is InChI=1S/C21H27N5O2/c1-22-21(24-11-9-16-14-25-19-8-4-3-7-18(16)19)26-15-17-6-5-10-23-20(17)28-13-12-27-2/h3-8,10,14,25H,9,11-13,15H2,1-2H3,(H2,22,24,26). The molecule has 3 aromatic rings. The Hall–Kier alpha value is -3.06. The SMILES string of the molecule is CN=C(NCCc1c[nH]c2ccccc12)NCc1cccnc1OCCOC. The third kappa shape index (κ3) is 5.23. The lowest BCUT2D eigenvalue weighted by Crippen LogP contribution is -2.38. The summed E-state index contributed by atoms with van der Waals surface area (Å²) in [5.41, 5.74) is 3.43. The fraction of sp³-hybridized carbons (Fsp3) is 0.333. The van der Waals surface area contributed by atoms with E-state index in [4.69, 9.17) is 9.47 Å². The van der Waals surface area contributed by atoms with Gasteiger partial charge in [0.25, 0.3) is 0 Å². The van der Waals surface area contributed by atoms with Gasteiger partial charge in [0.2, 0.25) is 5.88 Å². The Morgan fingerprint density at radius 2 is 2.00 bits per heavy atom. The monoisotopic (exact) mass is 381 g/mol. The zero-order chi connectivity index (χ0) is 19.6. The summed E-state index contributed by atoms with van der Waals surface area (Å²) < 4.78 is 10.7. The minimum atomic E-state index is 0.470. The van der Waals surface area contributed by atoms with Crippen LogP contribution in [0.15, 0.2) is 53.8 Å². The lowest BCUT2D eigenvalue weighted by molar-refractivity contribution is 0.143. The molecule has 3 rings (SSSR count). The average molecular weight is 381 g/mol. The highest BCUT2D eigenvalue weighted by Crippen LogP contribution is 2.17. The van der Waals surface area contributed by atoms with E-state index in [1.54, 1.807) is 20.4 Å². The van der Waals surface area contributed by atoms with Gasteiger partial charge < -0.3 is 25.1 Å². The number of aliphatic imine (C=N–C) groups is 1. The van der Waals surface area contributed by atoms with E-state index in [1.165, 1.54) is 10.9 Å². The minimum absolute atomic E-state index is 0.470. The van der Waals surface area contributed by atoms with Crippen LogP contribution in [0.2, 0.25) is 0 Å². The predicted molar refractivity (Wildman–Crippen MR) is 112 cm³/mol. The average Bonchev–Trinajstić information content (AvgIpc) is 3.15. The van der Waals surface area contributed by atoms with Crippen molar-refractivity contribution in [2.45, 2.75) is 13.0 Å². The van der Waals surface area contributed by atoms with Crippen molar-refractivity contribution in [1.29, 1.82) is 0 Å². The molecule has 1 aromatic carbocycles. The molecule has 0 aliphatic carbocycles. The minimum Gasteiger partial charge on any atom is -0.475 e. The van der Waals surface area contributed by atoms with Crippen molar-refractivity contribution in [1.82, 2.24) is 20.6 Å². The third-order valence-electron chi connectivity index (χ3n) is 4.41. The van der Waals surface area contributed by atoms with E-state index < -0.39 is 0 Å². The van der Waals surface area contributed by atoms with Gasteiger partial charge in [0.15, 0.2) is 5.96 Å². The Kier molecular flexibility index (Phi) is 7.26. The first kappa shape index (κ1) is 19.7. The molecule has 0 aliphatic heterocycles. The van der Waals surface area contributed by atoms with Gasteiger partial charge in [-0.1, -0.05) is 24.3 Å². The van der Waals surface area contributed by atoms with Crippen LogP contribution in [0.3, 0.4) is 0 Å². The van der Waals surface area contributed by atoms with E-state index in [0.29, 0.717) is 25.6 Å². The molecule has 0 unspecified atom stereocenters. The van der Waals surface area contributed by atoms with Crippen molar-refractivity contribution in [3.8, 4) is 5.88 Å². The number of para-hydroxylation sites is 1. The summed E-state index contributed by atoms with van der Waals surface area (Å²) in [6, 6.07) is 12.2. The van der Waals surface area contributed by atoms with Crippen LogP contribution in [-0.4, -0.2) is 49.8 Å². The van der Waals surface area contributed by atoms with Crippen molar-refractivity contribution in [2.75, 3.05) is 33.9 Å². The highest BCUT2D eigenvalue weighted by atomic mass is 16.5. The van der Waals surface area contributed by atoms with Gasteiger partial charge in [-0.15, -0.1) is 0 Å². The Bertz CT molecular complexity index is 906. The van der Waals surface area contributed by atoms with Gasteiger partial charge in [0, 0.05) is 56.1 Å². The first-order valence-electron chi connectivity index (χ1n) is 9.37. The smallest absolute Gasteiger partial charge is 0.218 e. The Balaban J connectivity index is 1.50. The molecule has 28 heavy (non-hydrogen) atoms. The number of ether oxygens (including phenoxy) is 2. The Labute approximate surface area is 165 Å². The van der Waals surface area contributed by atoms with Gasteiger partial charge in [0.05, 0.1) is 6.61 Å². The summed E-state index contributed by atoms with van der Waals surface area (Å²) in [6.07, 6.45) is 4.70. The molecule has 0 saturated carbocycles. The molecule has 2 aromatic heterocycles. The van der Waals surface area contributed by atoms with E-state index in [1.807, 2.05) is 18.2 Å². The van der Waals surface area contributed by atoms with E-state index >= 15 is 0 Å². The van der Waals surface area contributed by atoms with Crippen LogP contribution in [0.1, 0.15) is 11.1 Å². The zero-order valence-electron chi connectivity index (χ0n) is 16.4. The number of pyridine rings is 1. The van der Waals surface area contributed by atoms with Crippen molar-refractivity contribution < 1.29 is 9.47 Å². The number of benzene rings is 1. The predicted octanol–water partition coefficient (Wildman–Crippen LogP) is 2.50. The maximum Gasteiger partial charge on any atom is 0.218 e. The number of nitrogens with one attached hydrogen (secondary N) is 3. The van der Waals surface area contributed by atoms with Gasteiger partial charge in [-0.3, -0.25) is 4.99 Å². The van der Waals surface area contributed by atoms with E-state index in [9.17, 15) is 0 Å². The highest BCUT2D eigenvalue weighted by molar-refractivity contribution is 5.83. The molecule has 2 heterocycles. The van der Waals surface area contributed by atoms with E-state index in [0.717, 1.165) is 30.0 Å². The van der Waals surface area contributed by atoms with Crippen molar-refractivity contribution in [2.24, 2.45) is 4.99 Å². The van der Waals surface area contributed by atoms with Gasteiger partial charge in [-0.2, -0.15) is 0 Å². The second-order valence-corrected chi connectivity index (χ2v) is 6.27. The van der Waals surface area contributed by atoms with E-state index in [2.05, 4.69) is 50.0 Å². The summed E-state index contributed by atoms with van der Waals surface area (Å²) in [5.74, 6) is 1.35. The second kappa shape index (κ2) is 10.3. The van der Waals surface area contributed by atoms with Gasteiger partial charge in [-0.25, -0.2) is 4.98 Å². The topological polar surface area (TPSA) is 83.6 Å². The maximum absolute atomic E-state index is 5.67. The van der Waals surface area contributed by atoms with Crippen LogP contribution >= 0.6 is 0 Å².